The summed E-state index contributed by atoms with van der Waals surface area (Å²) in [5.74, 6) is 1.04. The molecule has 2 amide bonds. The molecule has 5 fully saturated rings. The molecular weight excluding hydrogens is 397 g/mol. The average molecular weight is 424 g/mol. The number of hydrogen-bond donors (Lipinski definition) is 0. The van der Waals surface area contributed by atoms with Gasteiger partial charge in [0.05, 0.1) is 18.7 Å². The van der Waals surface area contributed by atoms with Gasteiger partial charge in [0.1, 0.15) is 12.3 Å². The molecule has 0 spiro atoms. The molecule has 4 bridgehead atoms. The van der Waals surface area contributed by atoms with E-state index in [1.807, 2.05) is 11.0 Å². The van der Waals surface area contributed by atoms with Crippen LogP contribution in [0.25, 0.3) is 0 Å². The zero-order valence-corrected chi connectivity index (χ0v) is 16.9. The highest BCUT2D eigenvalue weighted by molar-refractivity contribution is 5.89. The van der Waals surface area contributed by atoms with E-state index >= 15 is 0 Å². The van der Waals surface area contributed by atoms with Crippen molar-refractivity contribution in [2.75, 3.05) is 13.1 Å². The van der Waals surface area contributed by atoms with Gasteiger partial charge in [-0.1, -0.05) is 0 Å². The van der Waals surface area contributed by atoms with E-state index in [1.165, 1.54) is 19.3 Å². The van der Waals surface area contributed by atoms with Crippen molar-refractivity contribution in [1.29, 1.82) is 0 Å². The maximum atomic E-state index is 13.7. The molecule has 2 heterocycles. The fourth-order valence-electron chi connectivity index (χ4n) is 6.96. The molecule has 5 aliphatic rings. The Hall–Kier alpha value is -1.99. The van der Waals surface area contributed by atoms with Crippen LogP contribution in [0.1, 0.15) is 50.7 Å². The second kappa shape index (κ2) is 7.02. The van der Waals surface area contributed by atoms with Crippen LogP contribution in [0.15, 0.2) is 22.8 Å². The molecule has 0 N–H and O–H groups in total. The van der Waals surface area contributed by atoms with Crippen LogP contribution in [0.5, 0.6) is 0 Å². The Morgan fingerprint density at radius 1 is 1.17 bits per heavy atom. The van der Waals surface area contributed by atoms with E-state index in [9.17, 15) is 22.8 Å². The quantitative estimate of drug-likeness (QED) is 0.718. The van der Waals surface area contributed by atoms with Crippen LogP contribution < -0.4 is 0 Å². The van der Waals surface area contributed by atoms with Crippen molar-refractivity contribution in [3.63, 3.8) is 0 Å². The second-order valence-corrected chi connectivity index (χ2v) is 9.94. The van der Waals surface area contributed by atoms with Crippen molar-refractivity contribution in [3.05, 3.63) is 24.2 Å². The molecule has 1 aromatic rings. The van der Waals surface area contributed by atoms with E-state index in [-0.39, 0.29) is 24.4 Å². The minimum Gasteiger partial charge on any atom is -0.467 e. The molecule has 0 radical (unpaired) electrons. The molecule has 4 saturated carbocycles. The number of furan rings is 1. The molecule has 1 aromatic heterocycles. The molecule has 0 aromatic carbocycles. The van der Waals surface area contributed by atoms with Gasteiger partial charge in [-0.15, -0.1) is 0 Å². The van der Waals surface area contributed by atoms with Gasteiger partial charge in [0.15, 0.2) is 0 Å². The SMILES string of the molecule is O=C1CC(C(=O)N(Cc2ccco2)C23CC4CC(CC(C4)C2)C3)CN1CC(F)(F)F. The first-order valence-electron chi connectivity index (χ1n) is 10.9. The van der Waals surface area contributed by atoms with Gasteiger partial charge < -0.3 is 14.2 Å². The lowest BCUT2D eigenvalue weighted by atomic mass is 9.52. The van der Waals surface area contributed by atoms with Gasteiger partial charge in [0.25, 0.3) is 0 Å². The summed E-state index contributed by atoms with van der Waals surface area (Å²) >= 11 is 0. The predicted molar refractivity (Wildman–Crippen MR) is 101 cm³/mol. The second-order valence-electron chi connectivity index (χ2n) is 9.94. The van der Waals surface area contributed by atoms with E-state index in [2.05, 4.69) is 0 Å². The number of carbonyl (C=O) groups is 2. The summed E-state index contributed by atoms with van der Waals surface area (Å²) < 4.78 is 44.0. The molecule has 1 saturated heterocycles. The van der Waals surface area contributed by atoms with Crippen molar-refractivity contribution in [3.8, 4) is 0 Å². The highest BCUT2D eigenvalue weighted by atomic mass is 19.4. The normalized spacial score (nSPS) is 35.3. The van der Waals surface area contributed by atoms with E-state index in [1.54, 1.807) is 12.3 Å². The third-order valence-electron chi connectivity index (χ3n) is 7.67. The fourth-order valence-corrected chi connectivity index (χ4v) is 6.96. The molecular formula is C22H27F3N2O3. The lowest BCUT2D eigenvalue weighted by Crippen LogP contribution is -2.62. The number of halogens is 3. The average Bonchev–Trinajstić information content (AvgIpc) is 3.27. The van der Waals surface area contributed by atoms with E-state index in [4.69, 9.17) is 4.42 Å². The van der Waals surface area contributed by atoms with Crippen LogP contribution in [0, 0.1) is 23.7 Å². The van der Waals surface area contributed by atoms with Crippen molar-refractivity contribution in [1.82, 2.24) is 9.80 Å². The third-order valence-corrected chi connectivity index (χ3v) is 7.67. The van der Waals surface area contributed by atoms with Crippen molar-refractivity contribution in [2.45, 2.75) is 63.2 Å². The summed E-state index contributed by atoms with van der Waals surface area (Å²) in [5, 5.41) is 0. The summed E-state index contributed by atoms with van der Waals surface area (Å²) in [7, 11) is 0. The lowest BCUT2D eigenvalue weighted by molar-refractivity contribution is -0.159. The Balaban J connectivity index is 1.40. The third kappa shape index (κ3) is 3.62. The molecule has 4 aliphatic carbocycles. The number of alkyl halides is 3. The number of nitrogens with zero attached hydrogens (tertiary/aromatic N) is 2. The standard InChI is InChI=1S/C22H27F3N2O3/c23-22(24,25)13-26-11-17(7-19(26)28)20(29)27(12-18-2-1-3-30-18)21-8-14-4-15(9-21)6-16(5-14)10-21/h1-3,14-17H,4-13H2. The van der Waals surface area contributed by atoms with Gasteiger partial charge in [0, 0.05) is 18.5 Å². The maximum absolute atomic E-state index is 13.7. The zero-order chi connectivity index (χ0) is 21.1. The predicted octanol–water partition coefficient (Wildman–Crippen LogP) is 3.99. The molecule has 8 heteroatoms. The number of rotatable bonds is 5. The fraction of sp³-hybridized carbons (Fsp3) is 0.727. The first-order valence-corrected chi connectivity index (χ1v) is 10.9. The molecule has 1 atom stereocenters. The van der Waals surface area contributed by atoms with Crippen LogP contribution in [0.4, 0.5) is 13.2 Å². The van der Waals surface area contributed by atoms with Gasteiger partial charge in [-0.05, 0) is 68.4 Å². The topological polar surface area (TPSA) is 53.8 Å². The first kappa shape index (κ1) is 19.9. The van der Waals surface area contributed by atoms with E-state index in [0.29, 0.717) is 30.1 Å². The van der Waals surface area contributed by atoms with Gasteiger partial charge in [-0.3, -0.25) is 9.59 Å². The van der Waals surface area contributed by atoms with Gasteiger partial charge in [-0.2, -0.15) is 13.2 Å². The largest absolute Gasteiger partial charge is 0.467 e. The van der Waals surface area contributed by atoms with Crippen molar-refractivity contribution < 1.29 is 27.2 Å². The van der Waals surface area contributed by atoms with Crippen LogP contribution in [0.2, 0.25) is 0 Å². The monoisotopic (exact) mass is 424 g/mol. The minimum absolute atomic E-state index is 0.143. The highest BCUT2D eigenvalue weighted by Crippen LogP contribution is 2.58. The number of hydrogen-bond acceptors (Lipinski definition) is 3. The highest BCUT2D eigenvalue weighted by Gasteiger charge is 2.56. The number of amides is 2. The number of likely N-dealkylation sites (tertiary alicyclic amines) is 1. The van der Waals surface area contributed by atoms with Crippen molar-refractivity contribution in [2.24, 2.45) is 23.7 Å². The van der Waals surface area contributed by atoms with E-state index in [0.717, 1.165) is 24.2 Å². The van der Waals surface area contributed by atoms with Gasteiger partial charge >= 0.3 is 6.18 Å². The van der Waals surface area contributed by atoms with Crippen LogP contribution in [-0.2, 0) is 16.1 Å². The molecule has 164 valence electrons. The summed E-state index contributed by atoms with van der Waals surface area (Å²) in [6.45, 7) is -1.12. The Bertz CT molecular complexity index is 785. The van der Waals surface area contributed by atoms with Crippen molar-refractivity contribution >= 4 is 11.8 Å². The van der Waals surface area contributed by atoms with Crippen LogP contribution >= 0.6 is 0 Å². The van der Waals surface area contributed by atoms with Crippen LogP contribution in [-0.4, -0.2) is 46.4 Å². The Kier molecular flexibility index (Phi) is 4.67. The zero-order valence-electron chi connectivity index (χ0n) is 16.9. The Morgan fingerprint density at radius 3 is 2.33 bits per heavy atom. The molecule has 6 rings (SSSR count). The summed E-state index contributed by atoms with van der Waals surface area (Å²) in [6.07, 6.45) is 3.52. The summed E-state index contributed by atoms with van der Waals surface area (Å²) in [5.41, 5.74) is -0.251. The van der Waals surface area contributed by atoms with Gasteiger partial charge in [0.2, 0.25) is 11.8 Å². The van der Waals surface area contributed by atoms with Gasteiger partial charge in [-0.25, -0.2) is 0 Å². The minimum atomic E-state index is -4.46. The molecule has 30 heavy (non-hydrogen) atoms. The lowest BCUT2D eigenvalue weighted by Gasteiger charge is -2.60. The smallest absolute Gasteiger partial charge is 0.406 e. The first-order chi connectivity index (χ1) is 14.2. The maximum Gasteiger partial charge on any atom is 0.406 e. The number of carbonyl (C=O) groups excluding carboxylic acids is 2. The molecule has 1 unspecified atom stereocenters. The Labute approximate surface area is 173 Å². The Morgan fingerprint density at radius 2 is 1.80 bits per heavy atom. The summed E-state index contributed by atoms with van der Waals surface area (Å²) in [4.78, 5) is 28.5. The molecule has 5 nitrogen and oxygen atoms in total. The van der Waals surface area contributed by atoms with E-state index < -0.39 is 24.5 Å². The summed E-state index contributed by atoms with van der Waals surface area (Å²) in [6, 6.07) is 3.61. The van der Waals surface area contributed by atoms with Crippen LogP contribution in [0.3, 0.4) is 0 Å². The molecule has 1 aliphatic heterocycles.